The Labute approximate surface area is 154 Å². The number of fused-ring (bicyclic) bond motifs is 1. The molecule has 1 aromatic carbocycles. The summed E-state index contributed by atoms with van der Waals surface area (Å²) in [7, 11) is 0. The highest BCUT2D eigenvalue weighted by molar-refractivity contribution is 7.22. The molecular formula is C18H17ClN4OS. The maximum atomic E-state index is 12.2. The van der Waals surface area contributed by atoms with Crippen molar-refractivity contribution >= 4 is 44.9 Å². The molecule has 0 spiro atoms. The summed E-state index contributed by atoms with van der Waals surface area (Å²) in [5, 5.41) is 6.97. The molecule has 0 aliphatic carbocycles. The van der Waals surface area contributed by atoms with Crippen molar-refractivity contribution in [3.63, 3.8) is 0 Å². The third-order valence-corrected chi connectivity index (χ3v) is 5.72. The van der Waals surface area contributed by atoms with Gasteiger partial charge < -0.3 is 10.6 Å². The molecule has 7 heteroatoms. The Balaban J connectivity index is 1.67. The number of hydrogen-bond acceptors (Lipinski definition) is 5. The van der Waals surface area contributed by atoms with Crippen molar-refractivity contribution in [3.05, 3.63) is 41.7 Å². The van der Waals surface area contributed by atoms with Crippen molar-refractivity contribution in [3.8, 4) is 10.4 Å². The fourth-order valence-corrected chi connectivity index (χ4v) is 4.15. The van der Waals surface area contributed by atoms with Crippen LogP contribution in [0.5, 0.6) is 0 Å². The summed E-state index contributed by atoms with van der Waals surface area (Å²) in [5.74, 6) is 0.760. The van der Waals surface area contributed by atoms with Crippen LogP contribution in [0.3, 0.4) is 0 Å². The van der Waals surface area contributed by atoms with Crippen molar-refractivity contribution in [2.45, 2.75) is 25.3 Å². The van der Waals surface area contributed by atoms with Gasteiger partial charge in [0.2, 0.25) is 5.91 Å². The van der Waals surface area contributed by atoms with Crippen molar-refractivity contribution in [2.24, 2.45) is 0 Å². The molecule has 1 unspecified atom stereocenters. The minimum atomic E-state index is -0.248. The number of aromatic nitrogens is 2. The molecule has 3 aromatic rings. The Morgan fingerprint density at radius 2 is 2.04 bits per heavy atom. The molecule has 1 atom stereocenters. The van der Waals surface area contributed by atoms with Gasteiger partial charge in [-0.1, -0.05) is 23.7 Å². The predicted molar refractivity (Wildman–Crippen MR) is 102 cm³/mol. The number of halogens is 1. The lowest BCUT2D eigenvalue weighted by Gasteiger charge is -2.15. The number of hydrogen-bond donors (Lipinski definition) is 2. The molecule has 2 aromatic heterocycles. The van der Waals surface area contributed by atoms with Gasteiger partial charge in [-0.05, 0) is 43.0 Å². The fourth-order valence-electron chi connectivity index (χ4n) is 2.96. The molecule has 1 saturated heterocycles. The van der Waals surface area contributed by atoms with Crippen LogP contribution in [0.2, 0.25) is 5.02 Å². The van der Waals surface area contributed by atoms with E-state index >= 15 is 0 Å². The van der Waals surface area contributed by atoms with Crippen molar-refractivity contribution in [1.29, 1.82) is 0 Å². The average Bonchev–Trinajstić information content (AvgIpc) is 2.96. The van der Waals surface area contributed by atoms with Crippen LogP contribution in [-0.4, -0.2) is 28.5 Å². The largest absolute Gasteiger partial charge is 0.357 e. The Bertz CT molecular complexity index is 909. The molecule has 4 rings (SSSR count). The summed E-state index contributed by atoms with van der Waals surface area (Å²) in [5.41, 5.74) is 1.96. The second-order valence-corrected chi connectivity index (χ2v) is 7.53. The first kappa shape index (κ1) is 16.3. The highest BCUT2D eigenvalue weighted by Gasteiger charge is 2.22. The lowest BCUT2D eigenvalue weighted by Crippen LogP contribution is -2.38. The van der Waals surface area contributed by atoms with E-state index in [-0.39, 0.29) is 11.9 Å². The Morgan fingerprint density at radius 3 is 2.88 bits per heavy atom. The molecule has 0 saturated carbocycles. The summed E-state index contributed by atoms with van der Waals surface area (Å²) in [6, 6.07) is 9.54. The van der Waals surface area contributed by atoms with Crippen molar-refractivity contribution in [2.75, 3.05) is 11.9 Å². The number of thiophene rings is 1. The van der Waals surface area contributed by atoms with E-state index in [9.17, 15) is 4.79 Å². The minimum Gasteiger partial charge on any atom is -0.357 e. The van der Waals surface area contributed by atoms with Crippen LogP contribution in [-0.2, 0) is 4.79 Å². The lowest BCUT2D eigenvalue weighted by atomic mass is 10.1. The number of carbonyl (C=O) groups is 1. The van der Waals surface area contributed by atoms with Gasteiger partial charge in [0.1, 0.15) is 18.2 Å². The zero-order valence-corrected chi connectivity index (χ0v) is 15.0. The van der Waals surface area contributed by atoms with Crippen LogP contribution in [0.4, 0.5) is 5.82 Å². The number of benzene rings is 1. The standard InChI is InChI=1S/C18H17ClN4OS/c19-12-6-4-11(5-7-12)15-9-14-16(25-15)17(22-10-21-14)23-13-3-1-2-8-20-18(13)24/h4-7,9-10,13H,1-3,8H2,(H,20,24)(H,21,22,23). The third kappa shape index (κ3) is 3.45. The molecule has 5 nitrogen and oxygen atoms in total. The first-order chi connectivity index (χ1) is 12.2. The molecule has 1 fully saturated rings. The SMILES string of the molecule is O=C1NCCCCC1Nc1ncnc2cc(-c3ccc(Cl)cc3)sc12. The molecule has 3 heterocycles. The smallest absolute Gasteiger partial charge is 0.242 e. The summed E-state index contributed by atoms with van der Waals surface area (Å²) in [6.07, 6.45) is 4.39. The van der Waals surface area contributed by atoms with Crippen LogP contribution >= 0.6 is 22.9 Å². The van der Waals surface area contributed by atoms with Crippen LogP contribution < -0.4 is 10.6 Å². The molecule has 128 valence electrons. The maximum absolute atomic E-state index is 12.2. The molecule has 1 amide bonds. The number of amides is 1. The second-order valence-electron chi connectivity index (χ2n) is 6.04. The molecular weight excluding hydrogens is 356 g/mol. The third-order valence-electron chi connectivity index (χ3n) is 4.29. The van der Waals surface area contributed by atoms with E-state index < -0.39 is 0 Å². The minimum absolute atomic E-state index is 0.0405. The van der Waals surface area contributed by atoms with Crippen LogP contribution in [0.25, 0.3) is 20.7 Å². The van der Waals surface area contributed by atoms with Gasteiger partial charge in [0, 0.05) is 16.4 Å². The Morgan fingerprint density at radius 1 is 1.20 bits per heavy atom. The number of nitrogens with zero attached hydrogens (tertiary/aromatic N) is 2. The zero-order valence-electron chi connectivity index (χ0n) is 13.5. The topological polar surface area (TPSA) is 66.9 Å². The first-order valence-electron chi connectivity index (χ1n) is 8.25. The number of anilines is 1. The lowest BCUT2D eigenvalue weighted by molar-refractivity contribution is -0.121. The van der Waals surface area contributed by atoms with Crippen molar-refractivity contribution in [1.82, 2.24) is 15.3 Å². The van der Waals surface area contributed by atoms with Crippen LogP contribution in [0.1, 0.15) is 19.3 Å². The second kappa shape index (κ2) is 6.98. The predicted octanol–water partition coefficient (Wildman–Crippen LogP) is 4.09. The summed E-state index contributed by atoms with van der Waals surface area (Å²) in [6.45, 7) is 0.746. The van der Waals surface area contributed by atoms with Gasteiger partial charge in [0.25, 0.3) is 0 Å². The summed E-state index contributed by atoms with van der Waals surface area (Å²) >= 11 is 7.59. The molecule has 0 bridgehead atoms. The van der Waals surface area contributed by atoms with E-state index in [0.717, 1.165) is 52.3 Å². The monoisotopic (exact) mass is 372 g/mol. The van der Waals surface area contributed by atoms with E-state index in [1.54, 1.807) is 11.3 Å². The molecule has 1 aliphatic heterocycles. The van der Waals surface area contributed by atoms with Gasteiger partial charge in [-0.25, -0.2) is 9.97 Å². The molecule has 0 radical (unpaired) electrons. The number of nitrogens with one attached hydrogen (secondary N) is 2. The summed E-state index contributed by atoms with van der Waals surface area (Å²) in [4.78, 5) is 22.0. The van der Waals surface area contributed by atoms with Crippen molar-refractivity contribution < 1.29 is 4.79 Å². The number of carbonyl (C=O) groups excluding carboxylic acids is 1. The van der Waals surface area contributed by atoms with E-state index in [0.29, 0.717) is 5.02 Å². The summed E-state index contributed by atoms with van der Waals surface area (Å²) < 4.78 is 0.962. The number of rotatable bonds is 3. The van der Waals surface area contributed by atoms with E-state index in [1.807, 2.05) is 30.3 Å². The van der Waals surface area contributed by atoms with E-state index in [4.69, 9.17) is 11.6 Å². The van der Waals surface area contributed by atoms with Crippen LogP contribution in [0, 0.1) is 0 Å². The molecule has 1 aliphatic rings. The van der Waals surface area contributed by atoms with Gasteiger partial charge in [0.15, 0.2) is 0 Å². The molecule has 25 heavy (non-hydrogen) atoms. The van der Waals surface area contributed by atoms with E-state index in [2.05, 4.69) is 20.6 Å². The van der Waals surface area contributed by atoms with Gasteiger partial charge in [-0.2, -0.15) is 0 Å². The van der Waals surface area contributed by atoms with E-state index in [1.165, 1.54) is 6.33 Å². The highest BCUT2D eigenvalue weighted by Crippen LogP contribution is 2.36. The van der Waals surface area contributed by atoms with Crippen LogP contribution in [0.15, 0.2) is 36.7 Å². The normalized spacial score (nSPS) is 18.0. The maximum Gasteiger partial charge on any atom is 0.242 e. The highest BCUT2D eigenvalue weighted by atomic mass is 35.5. The molecule has 2 N–H and O–H groups in total. The van der Waals surface area contributed by atoms with Gasteiger partial charge in [0.05, 0.1) is 10.2 Å². The zero-order chi connectivity index (χ0) is 17.2. The Kier molecular flexibility index (Phi) is 4.55. The quantitative estimate of drug-likeness (QED) is 0.726. The fraction of sp³-hybridized carbons (Fsp3) is 0.278. The van der Waals surface area contributed by atoms with Gasteiger partial charge in [-0.3, -0.25) is 4.79 Å². The average molecular weight is 373 g/mol. The first-order valence-corrected chi connectivity index (χ1v) is 9.45. The van der Waals surface area contributed by atoms with Gasteiger partial charge in [-0.15, -0.1) is 11.3 Å². The van der Waals surface area contributed by atoms with Gasteiger partial charge >= 0.3 is 0 Å². The Hall–Kier alpha value is -2.18.